The van der Waals surface area contributed by atoms with E-state index in [1.165, 1.54) is 16.3 Å². The summed E-state index contributed by atoms with van der Waals surface area (Å²) < 4.78 is 11.9. The third-order valence-corrected chi connectivity index (χ3v) is 5.99. The predicted octanol–water partition coefficient (Wildman–Crippen LogP) is 3.68. The van der Waals surface area contributed by atoms with Crippen LogP contribution in [0, 0.1) is 0 Å². The van der Waals surface area contributed by atoms with Crippen molar-refractivity contribution >= 4 is 52.0 Å². The highest BCUT2D eigenvalue weighted by molar-refractivity contribution is 8.01. The lowest BCUT2D eigenvalue weighted by Crippen LogP contribution is -2.31. The molecule has 9 heteroatoms. The number of amides is 1. The van der Waals surface area contributed by atoms with E-state index in [0.29, 0.717) is 34.8 Å². The molecular formula is C20H17ClN2O5S. The van der Waals surface area contributed by atoms with E-state index in [1.807, 2.05) is 12.1 Å². The Labute approximate surface area is 175 Å². The number of benzene rings is 2. The first-order valence-corrected chi connectivity index (χ1v) is 10.3. The Balaban J connectivity index is 1.28. The molecule has 0 bridgehead atoms. The summed E-state index contributed by atoms with van der Waals surface area (Å²) in [6, 6.07) is 12.4. The van der Waals surface area contributed by atoms with Gasteiger partial charge in [0.25, 0.3) is 0 Å². The van der Waals surface area contributed by atoms with E-state index in [9.17, 15) is 14.4 Å². The van der Waals surface area contributed by atoms with E-state index < -0.39 is 17.0 Å². The van der Waals surface area contributed by atoms with Gasteiger partial charge in [-0.15, -0.1) is 11.8 Å². The van der Waals surface area contributed by atoms with Gasteiger partial charge in [0.2, 0.25) is 5.91 Å². The van der Waals surface area contributed by atoms with Crippen LogP contribution in [0.15, 0.2) is 56.6 Å². The monoisotopic (exact) mass is 432 g/mol. The van der Waals surface area contributed by atoms with Gasteiger partial charge in [0.15, 0.2) is 5.58 Å². The molecule has 4 rings (SSSR count). The molecular weight excluding hydrogens is 416 g/mol. The molecule has 0 saturated heterocycles. The van der Waals surface area contributed by atoms with E-state index in [2.05, 4.69) is 5.32 Å². The lowest BCUT2D eigenvalue weighted by molar-refractivity contribution is -0.144. The molecule has 1 aliphatic rings. The molecule has 29 heavy (non-hydrogen) atoms. The number of anilines is 1. The SMILES string of the molecule is O=C(CC1Sc2ccc(Cl)cc2NC1=O)OCCCn1c(=O)oc2ccccc21. The highest BCUT2D eigenvalue weighted by atomic mass is 35.5. The molecule has 1 atom stereocenters. The van der Waals surface area contributed by atoms with Gasteiger partial charge >= 0.3 is 11.7 Å². The molecule has 0 radical (unpaired) electrons. The lowest BCUT2D eigenvalue weighted by Gasteiger charge is -2.23. The summed E-state index contributed by atoms with van der Waals surface area (Å²) in [6.45, 7) is 0.520. The van der Waals surface area contributed by atoms with Crippen molar-refractivity contribution in [3.63, 3.8) is 0 Å². The number of esters is 1. The van der Waals surface area contributed by atoms with Gasteiger partial charge in [0.1, 0.15) is 0 Å². The van der Waals surface area contributed by atoms with Gasteiger partial charge < -0.3 is 14.5 Å². The third-order valence-electron chi connectivity index (χ3n) is 4.48. The second-order valence-corrected chi connectivity index (χ2v) is 8.18. The Bertz CT molecular complexity index is 1140. The number of halogens is 1. The van der Waals surface area contributed by atoms with Gasteiger partial charge in [0.05, 0.1) is 29.5 Å². The summed E-state index contributed by atoms with van der Waals surface area (Å²) in [4.78, 5) is 37.1. The molecule has 3 aromatic rings. The number of nitrogens with zero attached hydrogens (tertiary/aromatic N) is 1. The number of ether oxygens (including phenoxy) is 1. The van der Waals surface area contributed by atoms with Gasteiger partial charge in [-0.05, 0) is 36.8 Å². The zero-order valence-corrected chi connectivity index (χ0v) is 16.8. The molecule has 1 unspecified atom stereocenters. The lowest BCUT2D eigenvalue weighted by atomic mass is 10.2. The number of fused-ring (bicyclic) bond motifs is 2. The molecule has 0 aliphatic carbocycles. The number of hydrogen-bond donors (Lipinski definition) is 1. The molecule has 1 amide bonds. The van der Waals surface area contributed by atoms with Crippen LogP contribution in [0.2, 0.25) is 5.02 Å². The second-order valence-electron chi connectivity index (χ2n) is 6.50. The number of nitrogens with one attached hydrogen (secondary N) is 1. The fourth-order valence-corrected chi connectivity index (χ4v) is 4.35. The van der Waals surface area contributed by atoms with E-state index in [0.717, 1.165) is 4.90 Å². The van der Waals surface area contributed by atoms with Crippen LogP contribution in [0.25, 0.3) is 11.1 Å². The first-order valence-electron chi connectivity index (χ1n) is 9.02. The molecule has 1 aromatic heterocycles. The zero-order chi connectivity index (χ0) is 20.4. The molecule has 2 heterocycles. The van der Waals surface area contributed by atoms with Crippen molar-refractivity contribution in [1.82, 2.24) is 4.57 Å². The first-order chi connectivity index (χ1) is 14.0. The summed E-state index contributed by atoms with van der Waals surface area (Å²) in [5.74, 6) is -1.15. The standard InChI is InChI=1S/C20H17ClN2O5S/c21-12-6-7-16-13(10-12)22-19(25)17(29-16)11-18(24)27-9-3-8-23-14-4-1-2-5-15(14)28-20(23)26/h1-2,4-7,10,17H,3,8-9,11H2,(H,22,25). The highest BCUT2D eigenvalue weighted by Gasteiger charge is 2.29. The maximum absolute atomic E-state index is 12.2. The Morgan fingerprint density at radius 3 is 2.93 bits per heavy atom. The van der Waals surface area contributed by atoms with Gasteiger partial charge in [0, 0.05) is 16.5 Å². The third kappa shape index (κ3) is 4.33. The minimum Gasteiger partial charge on any atom is -0.466 e. The van der Waals surface area contributed by atoms with Crippen LogP contribution in [0.1, 0.15) is 12.8 Å². The Kier molecular flexibility index (Phi) is 5.64. The molecule has 1 aliphatic heterocycles. The second kappa shape index (κ2) is 8.34. The van der Waals surface area contributed by atoms with Crippen molar-refractivity contribution in [2.45, 2.75) is 29.5 Å². The van der Waals surface area contributed by atoms with Gasteiger partial charge in [-0.1, -0.05) is 23.7 Å². The largest absolute Gasteiger partial charge is 0.466 e. The number of carbonyl (C=O) groups excluding carboxylic acids is 2. The van der Waals surface area contributed by atoms with Crippen molar-refractivity contribution in [3.05, 3.63) is 58.0 Å². The first kappa shape index (κ1) is 19.6. The Morgan fingerprint density at radius 1 is 1.24 bits per heavy atom. The fourth-order valence-electron chi connectivity index (χ4n) is 3.10. The average Bonchev–Trinajstić information content (AvgIpc) is 3.01. The number of para-hydroxylation sites is 2. The smallest absolute Gasteiger partial charge is 0.419 e. The van der Waals surface area contributed by atoms with Crippen LogP contribution in [-0.2, 0) is 20.9 Å². The maximum Gasteiger partial charge on any atom is 0.419 e. The van der Waals surface area contributed by atoms with Crippen LogP contribution < -0.4 is 11.1 Å². The minimum absolute atomic E-state index is 0.0346. The molecule has 150 valence electrons. The normalized spacial score (nSPS) is 15.8. The van der Waals surface area contributed by atoms with Crippen molar-refractivity contribution < 1.29 is 18.7 Å². The number of oxazole rings is 1. The number of rotatable bonds is 6. The Hall–Kier alpha value is -2.71. The zero-order valence-electron chi connectivity index (χ0n) is 15.2. The molecule has 0 spiro atoms. The fraction of sp³-hybridized carbons (Fsp3) is 0.250. The predicted molar refractivity (Wildman–Crippen MR) is 110 cm³/mol. The highest BCUT2D eigenvalue weighted by Crippen LogP contribution is 2.38. The molecule has 7 nitrogen and oxygen atoms in total. The topological polar surface area (TPSA) is 90.5 Å². The van der Waals surface area contributed by atoms with E-state index in [4.69, 9.17) is 20.8 Å². The molecule has 1 N–H and O–H groups in total. The average molecular weight is 433 g/mol. The van der Waals surface area contributed by atoms with Crippen LogP contribution in [0.5, 0.6) is 0 Å². The van der Waals surface area contributed by atoms with Crippen LogP contribution in [0.4, 0.5) is 5.69 Å². The van der Waals surface area contributed by atoms with Crippen LogP contribution in [0.3, 0.4) is 0 Å². The van der Waals surface area contributed by atoms with Crippen molar-refractivity contribution in [3.8, 4) is 0 Å². The van der Waals surface area contributed by atoms with Crippen LogP contribution >= 0.6 is 23.4 Å². The quantitative estimate of drug-likeness (QED) is 0.472. The van der Waals surface area contributed by atoms with Gasteiger partial charge in [-0.3, -0.25) is 14.2 Å². The number of aromatic nitrogens is 1. The molecule has 0 fully saturated rings. The maximum atomic E-state index is 12.2. The molecule has 2 aromatic carbocycles. The van der Waals surface area contributed by atoms with Gasteiger partial charge in [-0.25, -0.2) is 4.79 Å². The number of aryl methyl sites for hydroxylation is 1. The van der Waals surface area contributed by atoms with Crippen LogP contribution in [-0.4, -0.2) is 28.3 Å². The minimum atomic E-state index is -0.559. The van der Waals surface area contributed by atoms with E-state index in [-0.39, 0.29) is 18.9 Å². The van der Waals surface area contributed by atoms with Crippen molar-refractivity contribution in [2.24, 2.45) is 0 Å². The molecule has 0 saturated carbocycles. The van der Waals surface area contributed by atoms with Crippen molar-refractivity contribution in [1.29, 1.82) is 0 Å². The number of carbonyl (C=O) groups is 2. The van der Waals surface area contributed by atoms with Gasteiger partial charge in [-0.2, -0.15) is 0 Å². The summed E-state index contributed by atoms with van der Waals surface area (Å²) in [6.07, 6.45) is 0.424. The van der Waals surface area contributed by atoms with E-state index >= 15 is 0 Å². The summed E-state index contributed by atoms with van der Waals surface area (Å²) >= 11 is 7.25. The van der Waals surface area contributed by atoms with Crippen molar-refractivity contribution in [2.75, 3.05) is 11.9 Å². The summed E-state index contributed by atoms with van der Waals surface area (Å²) in [5, 5.41) is 2.74. The Morgan fingerprint density at radius 2 is 2.07 bits per heavy atom. The summed E-state index contributed by atoms with van der Waals surface area (Å²) in [7, 11) is 0. The van der Waals surface area contributed by atoms with E-state index in [1.54, 1.807) is 30.3 Å². The summed E-state index contributed by atoms with van der Waals surface area (Å²) in [5.41, 5.74) is 1.88. The number of thioether (sulfide) groups is 1. The number of hydrogen-bond acceptors (Lipinski definition) is 6.